The lowest BCUT2D eigenvalue weighted by Gasteiger charge is -2.31. The number of anilines is 3. The first kappa shape index (κ1) is 35.7. The summed E-state index contributed by atoms with van der Waals surface area (Å²) in [5.41, 5.74) is 15.8. The standard InChI is InChI=1S/C59H41NS/c1-59(2)53-24-12-10-21-48(53)49-34-32-43(37-54(49)59)60(42-30-27-38(28-31-42)40-29-33-51-50-22-11-13-26-56(50)61-57(51)36-40)55-25-14-23-45(39-15-4-3-5-16-39)58(55)52-35-41-17-6-7-18-44(41)46-19-8-9-20-47(46)52/h3-37H,1-2H3. The molecule has 0 bridgehead atoms. The topological polar surface area (TPSA) is 3.24 Å². The molecule has 0 aliphatic heterocycles. The normalized spacial score (nSPS) is 12.9. The van der Waals surface area contributed by atoms with E-state index in [1.807, 2.05) is 11.3 Å². The van der Waals surface area contributed by atoms with Gasteiger partial charge in [0.05, 0.1) is 5.69 Å². The molecule has 1 aliphatic rings. The van der Waals surface area contributed by atoms with Crippen LogP contribution in [-0.4, -0.2) is 0 Å². The Labute approximate surface area is 360 Å². The van der Waals surface area contributed by atoms with Crippen LogP contribution in [0.1, 0.15) is 25.0 Å². The van der Waals surface area contributed by atoms with E-state index in [4.69, 9.17) is 0 Å². The molecule has 61 heavy (non-hydrogen) atoms. The van der Waals surface area contributed by atoms with Crippen molar-refractivity contribution in [2.45, 2.75) is 19.3 Å². The predicted octanol–water partition coefficient (Wildman–Crippen LogP) is 17.1. The maximum Gasteiger partial charge on any atom is 0.0546 e. The van der Waals surface area contributed by atoms with E-state index in [0.29, 0.717) is 0 Å². The van der Waals surface area contributed by atoms with E-state index >= 15 is 0 Å². The molecule has 288 valence electrons. The number of hydrogen-bond acceptors (Lipinski definition) is 2. The molecule has 11 aromatic rings. The maximum atomic E-state index is 2.50. The Kier molecular flexibility index (Phi) is 8.13. The van der Waals surface area contributed by atoms with Crippen molar-refractivity contribution < 1.29 is 0 Å². The summed E-state index contributed by atoms with van der Waals surface area (Å²) in [5.74, 6) is 0. The van der Waals surface area contributed by atoms with Crippen molar-refractivity contribution in [3.05, 3.63) is 223 Å². The van der Waals surface area contributed by atoms with E-state index in [1.54, 1.807) is 0 Å². The Bertz CT molecular complexity index is 3500. The van der Waals surface area contributed by atoms with Crippen LogP contribution in [0.5, 0.6) is 0 Å². The lowest BCUT2D eigenvalue weighted by Crippen LogP contribution is -2.17. The fraction of sp³-hybridized carbons (Fsp3) is 0.0508. The van der Waals surface area contributed by atoms with Gasteiger partial charge in [-0.2, -0.15) is 0 Å². The third-order valence-corrected chi connectivity index (χ3v) is 14.2. The van der Waals surface area contributed by atoms with Gasteiger partial charge in [0.1, 0.15) is 0 Å². The van der Waals surface area contributed by atoms with Gasteiger partial charge in [-0.1, -0.05) is 178 Å². The third-order valence-electron chi connectivity index (χ3n) is 13.1. The van der Waals surface area contributed by atoms with Crippen LogP contribution >= 0.6 is 11.3 Å². The smallest absolute Gasteiger partial charge is 0.0546 e. The van der Waals surface area contributed by atoms with Crippen LogP contribution in [0, 0.1) is 0 Å². The molecule has 1 aromatic heterocycles. The Morgan fingerprint density at radius 2 is 1.00 bits per heavy atom. The number of fused-ring (bicyclic) bond motifs is 9. The Morgan fingerprint density at radius 1 is 0.361 bits per heavy atom. The average Bonchev–Trinajstić information content (AvgIpc) is 3.80. The maximum absolute atomic E-state index is 2.50. The molecular weight excluding hydrogens is 755 g/mol. The van der Waals surface area contributed by atoms with Gasteiger partial charge in [-0.05, 0) is 120 Å². The van der Waals surface area contributed by atoms with Gasteiger partial charge in [0.15, 0.2) is 0 Å². The zero-order valence-electron chi connectivity index (χ0n) is 34.1. The highest BCUT2D eigenvalue weighted by Crippen LogP contribution is 2.53. The molecule has 10 aromatic carbocycles. The average molecular weight is 796 g/mol. The molecule has 1 heterocycles. The minimum atomic E-state index is -0.147. The number of hydrogen-bond donors (Lipinski definition) is 0. The van der Waals surface area contributed by atoms with Crippen LogP contribution in [0.25, 0.3) is 86.2 Å². The van der Waals surface area contributed by atoms with Crippen molar-refractivity contribution in [1.29, 1.82) is 0 Å². The highest BCUT2D eigenvalue weighted by atomic mass is 32.1. The minimum absolute atomic E-state index is 0.147. The molecule has 0 radical (unpaired) electrons. The van der Waals surface area contributed by atoms with Gasteiger partial charge >= 0.3 is 0 Å². The van der Waals surface area contributed by atoms with E-state index in [9.17, 15) is 0 Å². The summed E-state index contributed by atoms with van der Waals surface area (Å²) in [7, 11) is 0. The van der Waals surface area contributed by atoms with Gasteiger partial charge in [0, 0.05) is 42.5 Å². The molecule has 0 amide bonds. The quantitative estimate of drug-likeness (QED) is 0.152. The second kappa shape index (κ2) is 13.9. The fourth-order valence-corrected chi connectivity index (χ4v) is 11.2. The molecule has 0 N–H and O–H groups in total. The van der Waals surface area contributed by atoms with E-state index < -0.39 is 0 Å². The van der Waals surface area contributed by atoms with E-state index in [2.05, 4.69) is 231 Å². The molecule has 0 saturated heterocycles. The Balaban J connectivity index is 1.10. The molecule has 12 rings (SSSR count). The van der Waals surface area contributed by atoms with E-state index in [0.717, 1.165) is 17.1 Å². The number of thiophene rings is 1. The van der Waals surface area contributed by atoms with Gasteiger partial charge in [-0.15, -0.1) is 11.3 Å². The van der Waals surface area contributed by atoms with Crippen LogP contribution in [-0.2, 0) is 5.41 Å². The summed E-state index contributed by atoms with van der Waals surface area (Å²) in [5, 5.41) is 7.64. The molecule has 0 atom stereocenters. The van der Waals surface area contributed by atoms with Crippen molar-refractivity contribution in [2.24, 2.45) is 0 Å². The van der Waals surface area contributed by atoms with Crippen LogP contribution in [0.4, 0.5) is 17.1 Å². The second-order valence-corrected chi connectivity index (χ2v) is 17.9. The zero-order valence-corrected chi connectivity index (χ0v) is 34.9. The monoisotopic (exact) mass is 795 g/mol. The summed E-state index contributed by atoms with van der Waals surface area (Å²) in [6.45, 7) is 4.74. The number of benzene rings is 10. The van der Waals surface area contributed by atoms with Gasteiger partial charge in [0.2, 0.25) is 0 Å². The summed E-state index contributed by atoms with van der Waals surface area (Å²) < 4.78 is 2.64. The SMILES string of the molecule is CC1(C)c2ccccc2-c2ccc(N(c3ccc(-c4ccc5c(c4)sc4ccccc45)cc3)c3cccc(-c4ccccc4)c3-c3cc4ccccc4c4ccccc34)cc21. The van der Waals surface area contributed by atoms with Crippen molar-refractivity contribution in [3.8, 4) is 44.5 Å². The van der Waals surface area contributed by atoms with Gasteiger partial charge in [0.25, 0.3) is 0 Å². The molecule has 1 nitrogen and oxygen atoms in total. The summed E-state index contributed by atoms with van der Waals surface area (Å²) in [6, 6.07) is 78.8. The summed E-state index contributed by atoms with van der Waals surface area (Å²) in [4.78, 5) is 2.50. The van der Waals surface area contributed by atoms with Gasteiger partial charge in [-0.25, -0.2) is 0 Å². The lowest BCUT2D eigenvalue weighted by atomic mass is 9.82. The fourth-order valence-electron chi connectivity index (χ4n) is 10.1. The lowest BCUT2D eigenvalue weighted by molar-refractivity contribution is 0.660. The van der Waals surface area contributed by atoms with Crippen LogP contribution < -0.4 is 4.90 Å². The van der Waals surface area contributed by atoms with Crippen molar-refractivity contribution >= 4 is 70.1 Å². The van der Waals surface area contributed by atoms with Crippen LogP contribution in [0.15, 0.2) is 212 Å². The Hall–Kier alpha value is -7.26. The van der Waals surface area contributed by atoms with Crippen molar-refractivity contribution in [1.82, 2.24) is 0 Å². The first-order valence-corrected chi connectivity index (χ1v) is 22.0. The second-order valence-electron chi connectivity index (χ2n) is 16.8. The molecule has 2 heteroatoms. The van der Waals surface area contributed by atoms with E-state index in [-0.39, 0.29) is 5.41 Å². The molecule has 0 saturated carbocycles. The van der Waals surface area contributed by atoms with Crippen LogP contribution in [0.3, 0.4) is 0 Å². The molecule has 1 aliphatic carbocycles. The largest absolute Gasteiger partial charge is 0.310 e. The van der Waals surface area contributed by atoms with Crippen molar-refractivity contribution in [3.63, 3.8) is 0 Å². The molecule has 0 spiro atoms. The predicted molar refractivity (Wildman–Crippen MR) is 263 cm³/mol. The molecular formula is C59H41NS. The van der Waals surface area contributed by atoms with Gasteiger partial charge < -0.3 is 4.90 Å². The first-order valence-electron chi connectivity index (χ1n) is 21.2. The number of rotatable bonds is 6. The summed E-state index contributed by atoms with van der Waals surface area (Å²) in [6.07, 6.45) is 0. The summed E-state index contributed by atoms with van der Waals surface area (Å²) >= 11 is 1.87. The van der Waals surface area contributed by atoms with Crippen molar-refractivity contribution in [2.75, 3.05) is 4.90 Å². The molecule has 0 unspecified atom stereocenters. The zero-order chi connectivity index (χ0) is 40.7. The third kappa shape index (κ3) is 5.67. The minimum Gasteiger partial charge on any atom is -0.310 e. The highest BCUT2D eigenvalue weighted by Gasteiger charge is 2.36. The number of nitrogens with zero attached hydrogens (tertiary/aromatic N) is 1. The first-order chi connectivity index (χ1) is 30.0. The van der Waals surface area contributed by atoms with E-state index in [1.165, 1.54) is 97.4 Å². The Morgan fingerprint density at radius 3 is 1.85 bits per heavy atom. The van der Waals surface area contributed by atoms with Gasteiger partial charge in [-0.3, -0.25) is 0 Å². The molecule has 0 fully saturated rings. The van der Waals surface area contributed by atoms with Crippen LogP contribution in [0.2, 0.25) is 0 Å². The highest BCUT2D eigenvalue weighted by molar-refractivity contribution is 7.25.